The van der Waals surface area contributed by atoms with Gasteiger partial charge < -0.3 is 10.2 Å². The molecule has 2 aliphatic rings. The lowest BCUT2D eigenvalue weighted by molar-refractivity contribution is 0.0652. The normalized spacial score (nSPS) is 16.5. The molecule has 0 bridgehead atoms. The van der Waals surface area contributed by atoms with E-state index < -0.39 is 0 Å². The Balaban J connectivity index is 1.45. The molecule has 1 atom stereocenters. The summed E-state index contributed by atoms with van der Waals surface area (Å²) < 4.78 is 4.46. The maximum Gasteiger partial charge on any atom is 0.263 e. The fourth-order valence-electron chi connectivity index (χ4n) is 5.37. The van der Waals surface area contributed by atoms with Crippen molar-refractivity contribution < 1.29 is 9.59 Å². The number of nitrogens with zero attached hydrogens (tertiary/aromatic N) is 4. The third-order valence-electron chi connectivity index (χ3n) is 7.87. The molecule has 2 aromatic carbocycles. The zero-order valence-electron chi connectivity index (χ0n) is 22.6. The first-order chi connectivity index (χ1) is 19.2. The summed E-state index contributed by atoms with van der Waals surface area (Å²) in [6.07, 6.45) is 6.72. The molecule has 204 valence electrons. The molecule has 2 aromatic heterocycles. The molecule has 8 nitrogen and oxygen atoms in total. The number of halogens is 1. The molecular weight excluding hydrogens is 570 g/mol. The Kier molecular flexibility index (Phi) is 6.70. The van der Waals surface area contributed by atoms with Crippen molar-refractivity contribution in [1.82, 2.24) is 24.3 Å². The van der Waals surface area contributed by atoms with E-state index in [1.165, 1.54) is 18.4 Å². The van der Waals surface area contributed by atoms with E-state index in [1.807, 2.05) is 49.0 Å². The van der Waals surface area contributed by atoms with Crippen LogP contribution in [0.25, 0.3) is 11.6 Å². The molecule has 0 spiro atoms. The van der Waals surface area contributed by atoms with Gasteiger partial charge >= 0.3 is 0 Å². The van der Waals surface area contributed by atoms with Crippen molar-refractivity contribution in [2.45, 2.75) is 51.6 Å². The van der Waals surface area contributed by atoms with Crippen LogP contribution in [0.3, 0.4) is 0 Å². The van der Waals surface area contributed by atoms with Crippen LogP contribution in [0.2, 0.25) is 0 Å². The molecular formula is C31H30BrN5O3. The van der Waals surface area contributed by atoms with Gasteiger partial charge in [-0.1, -0.05) is 15.9 Å². The van der Waals surface area contributed by atoms with Gasteiger partial charge in [-0.15, -0.1) is 0 Å². The number of carbonyl (C=O) groups excluding carboxylic acids is 2. The summed E-state index contributed by atoms with van der Waals surface area (Å²) in [5.41, 5.74) is 5.02. The molecule has 40 heavy (non-hydrogen) atoms. The van der Waals surface area contributed by atoms with Crippen LogP contribution in [0.15, 0.2) is 70.2 Å². The third kappa shape index (κ3) is 4.68. The smallest absolute Gasteiger partial charge is 0.263 e. The standard InChI is InChI=1S/C31H30BrN5O3/c1-18-14-22(8-11-26(18)32)29(39)36-17-27-25(15-19(36)2)30(40)37(24-9-6-21(7-10-24)28(38)33-3)31(34-27)35-13-12-23(16-35)20-4-5-20/h6-14,16,19-20H,4-5,15,17H2,1-3H3,(H,33,38)/t19-/m1/s1. The Hall–Kier alpha value is -3.98. The second-order valence-corrected chi connectivity index (χ2v) is 11.5. The van der Waals surface area contributed by atoms with Crippen molar-refractivity contribution in [2.24, 2.45) is 0 Å². The molecule has 1 saturated carbocycles. The van der Waals surface area contributed by atoms with E-state index in [0.717, 1.165) is 10.0 Å². The zero-order chi connectivity index (χ0) is 28.1. The Bertz CT molecular complexity index is 1700. The van der Waals surface area contributed by atoms with Crippen LogP contribution in [0.1, 0.15) is 68.8 Å². The van der Waals surface area contributed by atoms with E-state index in [4.69, 9.17) is 4.98 Å². The Labute approximate surface area is 240 Å². The highest BCUT2D eigenvalue weighted by molar-refractivity contribution is 9.10. The van der Waals surface area contributed by atoms with Gasteiger partial charge in [-0.05, 0) is 98.7 Å². The van der Waals surface area contributed by atoms with Gasteiger partial charge in [0, 0.05) is 46.6 Å². The minimum absolute atomic E-state index is 0.0805. The number of hydrogen-bond acceptors (Lipinski definition) is 4. The highest BCUT2D eigenvalue weighted by atomic mass is 79.9. The predicted molar refractivity (Wildman–Crippen MR) is 156 cm³/mol. The van der Waals surface area contributed by atoms with Crippen molar-refractivity contribution in [3.63, 3.8) is 0 Å². The van der Waals surface area contributed by atoms with Crippen molar-refractivity contribution in [1.29, 1.82) is 0 Å². The van der Waals surface area contributed by atoms with E-state index in [2.05, 4.69) is 27.3 Å². The van der Waals surface area contributed by atoms with E-state index in [-0.39, 0.29) is 30.0 Å². The monoisotopic (exact) mass is 599 g/mol. The van der Waals surface area contributed by atoms with E-state index in [9.17, 15) is 14.4 Å². The number of amides is 2. The number of fused-ring (bicyclic) bond motifs is 1. The fraction of sp³-hybridized carbons (Fsp3) is 0.290. The number of nitrogens with one attached hydrogen (secondary N) is 1. The van der Waals surface area contributed by atoms with Crippen LogP contribution < -0.4 is 10.9 Å². The molecule has 0 radical (unpaired) electrons. The average molecular weight is 601 g/mol. The van der Waals surface area contributed by atoms with E-state index in [0.29, 0.717) is 46.4 Å². The third-order valence-corrected chi connectivity index (χ3v) is 8.76. The van der Waals surface area contributed by atoms with Crippen LogP contribution in [0, 0.1) is 6.92 Å². The van der Waals surface area contributed by atoms with Gasteiger partial charge in [0.1, 0.15) is 0 Å². The Morgan fingerprint density at radius 3 is 2.45 bits per heavy atom. The minimum atomic E-state index is -0.193. The second-order valence-electron chi connectivity index (χ2n) is 10.7. The number of aryl methyl sites for hydroxylation is 1. The second kappa shape index (κ2) is 10.2. The van der Waals surface area contributed by atoms with Gasteiger partial charge in [0.2, 0.25) is 5.95 Å². The predicted octanol–water partition coefficient (Wildman–Crippen LogP) is 4.92. The maximum absolute atomic E-state index is 14.1. The number of rotatable bonds is 5. The molecule has 6 rings (SSSR count). The molecule has 1 aliphatic heterocycles. The average Bonchev–Trinajstić information content (AvgIpc) is 3.70. The molecule has 1 N–H and O–H groups in total. The van der Waals surface area contributed by atoms with Crippen molar-refractivity contribution >= 4 is 27.7 Å². The topological polar surface area (TPSA) is 89.2 Å². The largest absolute Gasteiger partial charge is 0.355 e. The molecule has 0 unspecified atom stereocenters. The van der Waals surface area contributed by atoms with Crippen LogP contribution in [-0.2, 0) is 13.0 Å². The first-order valence-corrected chi connectivity index (χ1v) is 14.3. The lowest BCUT2D eigenvalue weighted by Crippen LogP contribution is -2.46. The number of hydrogen-bond donors (Lipinski definition) is 1. The van der Waals surface area contributed by atoms with Crippen molar-refractivity contribution in [3.05, 3.63) is 109 Å². The summed E-state index contributed by atoms with van der Waals surface area (Å²) in [7, 11) is 1.59. The minimum Gasteiger partial charge on any atom is -0.355 e. The molecule has 4 aromatic rings. The van der Waals surface area contributed by atoms with Crippen molar-refractivity contribution in [2.75, 3.05) is 7.05 Å². The highest BCUT2D eigenvalue weighted by Crippen LogP contribution is 2.40. The van der Waals surface area contributed by atoms with E-state index >= 15 is 0 Å². The SMILES string of the molecule is CNC(=O)c1ccc(-n2c(-n3ccc(C4CC4)c3)nc3c(c2=O)C[C@@H](C)N(C(=O)c2ccc(Br)c(C)c2)C3)cc1. The summed E-state index contributed by atoms with van der Waals surface area (Å²) in [4.78, 5) is 46.6. The fourth-order valence-corrected chi connectivity index (χ4v) is 5.62. The van der Waals surface area contributed by atoms with Crippen LogP contribution in [0.4, 0.5) is 0 Å². The lowest BCUT2D eigenvalue weighted by atomic mass is 9.98. The number of carbonyl (C=O) groups is 2. The Morgan fingerprint density at radius 2 is 1.77 bits per heavy atom. The molecule has 1 aliphatic carbocycles. The number of benzene rings is 2. The van der Waals surface area contributed by atoms with Gasteiger partial charge in [0.05, 0.1) is 17.9 Å². The number of aromatic nitrogens is 3. The summed E-state index contributed by atoms with van der Waals surface area (Å²) >= 11 is 3.51. The molecule has 0 saturated heterocycles. The van der Waals surface area contributed by atoms with Gasteiger partial charge in [0.25, 0.3) is 17.4 Å². The first kappa shape index (κ1) is 26.3. The van der Waals surface area contributed by atoms with Crippen molar-refractivity contribution in [3.8, 4) is 11.6 Å². The maximum atomic E-state index is 14.1. The van der Waals surface area contributed by atoms with Crippen LogP contribution in [0.5, 0.6) is 0 Å². The lowest BCUT2D eigenvalue weighted by Gasteiger charge is -2.34. The summed E-state index contributed by atoms with van der Waals surface area (Å²) in [6.45, 7) is 4.18. The van der Waals surface area contributed by atoms with Gasteiger partial charge in [-0.25, -0.2) is 9.55 Å². The van der Waals surface area contributed by atoms with Gasteiger partial charge in [-0.3, -0.25) is 19.0 Å². The summed E-state index contributed by atoms with van der Waals surface area (Å²) in [6, 6.07) is 14.4. The highest BCUT2D eigenvalue weighted by Gasteiger charge is 2.32. The molecule has 3 heterocycles. The molecule has 1 fully saturated rings. The van der Waals surface area contributed by atoms with Crippen LogP contribution in [-0.4, -0.2) is 43.9 Å². The van der Waals surface area contributed by atoms with Crippen LogP contribution >= 0.6 is 15.9 Å². The van der Waals surface area contributed by atoms with E-state index in [1.54, 1.807) is 40.8 Å². The van der Waals surface area contributed by atoms with Gasteiger partial charge in [-0.2, -0.15) is 0 Å². The zero-order valence-corrected chi connectivity index (χ0v) is 24.2. The molecule has 9 heteroatoms. The first-order valence-electron chi connectivity index (χ1n) is 13.5. The summed E-state index contributed by atoms with van der Waals surface area (Å²) in [5.74, 6) is 0.740. The Morgan fingerprint density at radius 1 is 1.05 bits per heavy atom. The quantitative estimate of drug-likeness (QED) is 0.353. The molecule has 2 amide bonds. The van der Waals surface area contributed by atoms with Gasteiger partial charge in [0.15, 0.2) is 0 Å². The summed E-state index contributed by atoms with van der Waals surface area (Å²) in [5, 5.41) is 2.63.